The van der Waals surface area contributed by atoms with Gasteiger partial charge >= 0.3 is 0 Å². The fourth-order valence-corrected chi connectivity index (χ4v) is 5.38. The summed E-state index contributed by atoms with van der Waals surface area (Å²) in [5, 5.41) is 4.44. The van der Waals surface area contributed by atoms with Gasteiger partial charge in [0.1, 0.15) is 12.4 Å². The van der Waals surface area contributed by atoms with Crippen LogP contribution in [0, 0.1) is 0 Å². The summed E-state index contributed by atoms with van der Waals surface area (Å²) >= 11 is 2.37. The summed E-state index contributed by atoms with van der Waals surface area (Å²) in [6.07, 6.45) is 3.40. The van der Waals surface area contributed by atoms with Crippen LogP contribution in [0.5, 0.6) is 5.75 Å². The molecule has 0 aliphatic carbocycles. The molecule has 0 atom stereocenters. The summed E-state index contributed by atoms with van der Waals surface area (Å²) < 4.78 is 8.91. The van der Waals surface area contributed by atoms with Crippen molar-refractivity contribution in [3.05, 3.63) is 119 Å². The number of hydrogen-bond acceptors (Lipinski definition) is 4. The third-order valence-electron chi connectivity index (χ3n) is 6.37. The topological polar surface area (TPSA) is 82.0 Å². The second kappa shape index (κ2) is 9.23. The zero-order valence-electron chi connectivity index (χ0n) is 19.2. The minimum Gasteiger partial charge on any atom is -0.489 e. The number of alkyl halides is 1. The summed E-state index contributed by atoms with van der Waals surface area (Å²) in [6.45, 7) is 0.489. The molecule has 0 spiro atoms. The molecule has 176 valence electrons. The van der Waals surface area contributed by atoms with Crippen molar-refractivity contribution in [1.29, 1.82) is 0 Å². The van der Waals surface area contributed by atoms with Crippen LogP contribution in [0.1, 0.15) is 32.6 Å². The minimum atomic E-state index is -0.521. The Balaban J connectivity index is 1.47. The van der Waals surface area contributed by atoms with Crippen LogP contribution in [0.3, 0.4) is 0 Å². The number of nitrogens with zero attached hydrogens (tertiary/aromatic N) is 3. The highest BCUT2D eigenvalue weighted by Crippen LogP contribution is 2.41. The first kappa shape index (κ1) is 22.5. The van der Waals surface area contributed by atoms with Crippen LogP contribution in [0.2, 0.25) is 0 Å². The number of amides is 1. The van der Waals surface area contributed by atoms with Crippen LogP contribution in [-0.4, -0.2) is 21.2 Å². The van der Waals surface area contributed by atoms with E-state index in [0.717, 1.165) is 49.3 Å². The molecule has 1 amide bonds. The third-order valence-corrected chi connectivity index (χ3v) is 7.20. The van der Waals surface area contributed by atoms with Gasteiger partial charge in [0, 0.05) is 32.9 Å². The van der Waals surface area contributed by atoms with E-state index in [9.17, 15) is 4.79 Å². The normalized spacial score (nSPS) is 12.1. The molecule has 5 aromatic rings. The van der Waals surface area contributed by atoms with Gasteiger partial charge in [0.15, 0.2) is 0 Å². The molecule has 3 aromatic carbocycles. The van der Waals surface area contributed by atoms with Crippen molar-refractivity contribution in [3.8, 4) is 16.9 Å². The smallest absolute Gasteiger partial charge is 0.251 e. The number of hydrogen-bond donors (Lipinski definition) is 1. The van der Waals surface area contributed by atoms with Crippen LogP contribution in [0.15, 0.2) is 96.2 Å². The predicted octanol–water partition coefficient (Wildman–Crippen LogP) is 6.10. The highest BCUT2D eigenvalue weighted by molar-refractivity contribution is 14.1. The number of aliphatic imine (C=N–C) groups is 1. The average molecular weight is 584 g/mol. The number of ether oxygens (including phenoxy) is 1. The molecule has 0 saturated carbocycles. The van der Waals surface area contributed by atoms with Crippen molar-refractivity contribution in [2.45, 2.75) is 11.0 Å². The molecule has 36 heavy (non-hydrogen) atoms. The molecule has 2 aromatic heterocycles. The maximum absolute atomic E-state index is 12.4. The van der Waals surface area contributed by atoms with Gasteiger partial charge in [-0.25, -0.2) is 9.51 Å². The number of carbonyl (C=O) groups excluding carboxylic acids is 1. The number of carbonyl (C=O) groups is 1. The lowest BCUT2D eigenvalue weighted by Gasteiger charge is -2.12. The van der Waals surface area contributed by atoms with E-state index in [4.69, 9.17) is 15.5 Å². The fourth-order valence-electron chi connectivity index (χ4n) is 4.64. The lowest BCUT2D eigenvalue weighted by Crippen LogP contribution is -2.14. The molecular weight excluding hydrogens is 563 g/mol. The molecular formula is C29H21IN4O2. The molecule has 0 bridgehead atoms. The van der Waals surface area contributed by atoms with E-state index in [1.807, 2.05) is 66.9 Å². The standard InChI is InChI=1S/C29H21IN4O2/c30-15-19-6-1-2-7-20(19)17-36-21-9-5-8-18(14-21)27-23-12-13-34-28(23)26(24(16-32-34)29(31)35)22-10-3-4-11-25(22)33-27/h1-14,16H,15,17H2,(H2,31,35). The van der Waals surface area contributed by atoms with Gasteiger partial charge in [-0.1, -0.05) is 77.2 Å². The molecule has 6 rings (SSSR count). The number of halogens is 1. The van der Waals surface area contributed by atoms with Crippen molar-refractivity contribution in [3.63, 3.8) is 0 Å². The Morgan fingerprint density at radius 1 is 0.944 bits per heavy atom. The number of aromatic nitrogens is 2. The summed E-state index contributed by atoms with van der Waals surface area (Å²) in [6, 6.07) is 26.0. The van der Waals surface area contributed by atoms with Gasteiger partial charge in [0.25, 0.3) is 5.91 Å². The van der Waals surface area contributed by atoms with E-state index < -0.39 is 5.91 Å². The SMILES string of the molecule is NC(=O)c1cnn2ccc3c2c1-c1ccccc1N=C3c1cccc(OCc2ccccc2CI)c1. The minimum absolute atomic E-state index is 0.373. The Morgan fingerprint density at radius 2 is 1.75 bits per heavy atom. The summed E-state index contributed by atoms with van der Waals surface area (Å²) in [5.41, 5.74) is 14.3. The Hall–Kier alpha value is -3.98. The quantitative estimate of drug-likeness (QED) is 0.190. The third kappa shape index (κ3) is 3.85. The number of nitrogens with two attached hydrogens (primary N) is 1. The monoisotopic (exact) mass is 584 g/mol. The molecule has 0 radical (unpaired) electrons. The van der Waals surface area contributed by atoms with Crippen LogP contribution in [-0.2, 0) is 11.0 Å². The molecule has 0 saturated heterocycles. The lowest BCUT2D eigenvalue weighted by atomic mass is 9.96. The number of primary amides is 1. The van der Waals surface area contributed by atoms with Gasteiger partial charge in [-0.3, -0.25) is 4.79 Å². The molecule has 7 heteroatoms. The molecule has 0 fully saturated rings. The highest BCUT2D eigenvalue weighted by Gasteiger charge is 2.25. The maximum Gasteiger partial charge on any atom is 0.251 e. The first-order chi connectivity index (χ1) is 17.6. The van der Waals surface area contributed by atoms with E-state index in [-0.39, 0.29) is 0 Å². The summed E-state index contributed by atoms with van der Waals surface area (Å²) in [5.74, 6) is 0.239. The zero-order chi connectivity index (χ0) is 24.6. The van der Waals surface area contributed by atoms with Crippen LogP contribution >= 0.6 is 22.6 Å². The van der Waals surface area contributed by atoms with Crippen LogP contribution in [0.4, 0.5) is 5.69 Å². The Bertz CT molecular complexity index is 1670. The lowest BCUT2D eigenvalue weighted by molar-refractivity contribution is 0.100. The van der Waals surface area contributed by atoms with Gasteiger partial charge in [0.2, 0.25) is 0 Å². The average Bonchev–Trinajstić information content (AvgIpc) is 3.28. The van der Waals surface area contributed by atoms with Crippen LogP contribution < -0.4 is 10.5 Å². The molecule has 6 nitrogen and oxygen atoms in total. The molecule has 0 unspecified atom stereocenters. The van der Waals surface area contributed by atoms with E-state index in [1.54, 1.807) is 4.52 Å². The first-order valence-electron chi connectivity index (χ1n) is 11.5. The number of rotatable bonds is 6. The predicted molar refractivity (Wildman–Crippen MR) is 149 cm³/mol. The van der Waals surface area contributed by atoms with Gasteiger partial charge in [-0.05, 0) is 35.4 Å². The molecule has 1 aliphatic rings. The van der Waals surface area contributed by atoms with E-state index in [1.165, 1.54) is 17.3 Å². The van der Waals surface area contributed by atoms with Crippen molar-refractivity contribution >= 4 is 45.4 Å². The largest absolute Gasteiger partial charge is 0.489 e. The highest BCUT2D eigenvalue weighted by atomic mass is 127. The van der Waals surface area contributed by atoms with Crippen molar-refractivity contribution < 1.29 is 9.53 Å². The Kier molecular flexibility index (Phi) is 5.77. The van der Waals surface area contributed by atoms with Gasteiger partial charge < -0.3 is 10.5 Å². The van der Waals surface area contributed by atoms with Crippen molar-refractivity contribution in [2.75, 3.05) is 0 Å². The maximum atomic E-state index is 12.4. The number of fused-ring (bicyclic) bond motifs is 2. The fraction of sp³-hybridized carbons (Fsp3) is 0.0690. The Labute approximate surface area is 221 Å². The molecule has 2 N–H and O–H groups in total. The summed E-state index contributed by atoms with van der Waals surface area (Å²) in [7, 11) is 0. The first-order valence-corrected chi connectivity index (χ1v) is 13.0. The van der Waals surface area contributed by atoms with Crippen molar-refractivity contribution in [1.82, 2.24) is 9.61 Å². The van der Waals surface area contributed by atoms with E-state index in [0.29, 0.717) is 12.2 Å². The van der Waals surface area contributed by atoms with E-state index in [2.05, 4.69) is 45.9 Å². The number of para-hydroxylation sites is 1. The second-order valence-electron chi connectivity index (χ2n) is 8.52. The van der Waals surface area contributed by atoms with Gasteiger partial charge in [0.05, 0.1) is 28.7 Å². The van der Waals surface area contributed by atoms with E-state index >= 15 is 0 Å². The van der Waals surface area contributed by atoms with Gasteiger partial charge in [-0.15, -0.1) is 0 Å². The van der Waals surface area contributed by atoms with Crippen LogP contribution in [0.25, 0.3) is 16.6 Å². The zero-order valence-corrected chi connectivity index (χ0v) is 21.3. The second-order valence-corrected chi connectivity index (χ2v) is 9.28. The number of benzene rings is 3. The van der Waals surface area contributed by atoms with Gasteiger partial charge in [-0.2, -0.15) is 5.10 Å². The van der Waals surface area contributed by atoms with Crippen molar-refractivity contribution in [2.24, 2.45) is 10.7 Å². The summed E-state index contributed by atoms with van der Waals surface area (Å²) in [4.78, 5) is 17.4. The Morgan fingerprint density at radius 3 is 2.58 bits per heavy atom. The molecule has 3 heterocycles. The molecule has 1 aliphatic heterocycles.